The van der Waals surface area contributed by atoms with Gasteiger partial charge >= 0.3 is 0 Å². The quantitative estimate of drug-likeness (QED) is 0.395. The van der Waals surface area contributed by atoms with Gasteiger partial charge in [-0.2, -0.15) is 0 Å². The highest BCUT2D eigenvalue weighted by Gasteiger charge is 2.22. The Morgan fingerprint density at radius 3 is 2.00 bits per heavy atom. The summed E-state index contributed by atoms with van der Waals surface area (Å²) in [6.07, 6.45) is 1.54. The van der Waals surface area contributed by atoms with E-state index < -0.39 is 5.41 Å². The van der Waals surface area contributed by atoms with Crippen molar-refractivity contribution in [3.63, 3.8) is 0 Å². The normalized spacial score (nSPS) is 11.0. The Bertz CT molecular complexity index is 860. The van der Waals surface area contributed by atoms with Crippen molar-refractivity contribution in [2.24, 2.45) is 5.41 Å². The van der Waals surface area contributed by atoms with Gasteiger partial charge in [0.15, 0.2) is 11.5 Å². The summed E-state index contributed by atoms with van der Waals surface area (Å²) in [5, 5.41) is 0.498. The first-order chi connectivity index (χ1) is 13.6. The molecule has 0 aromatic heterocycles. The molecule has 0 aliphatic rings. The Labute approximate surface area is 190 Å². The summed E-state index contributed by atoms with van der Waals surface area (Å²) < 4.78 is 16.9. The molecule has 0 atom stereocenters. The van der Waals surface area contributed by atoms with Crippen LogP contribution >= 0.6 is 46.4 Å². The molecule has 0 N–H and O–H groups in total. The molecule has 2 aromatic rings. The molecule has 8 heteroatoms. The number of carbonyl (C=O) groups excluding carboxylic acids is 1. The van der Waals surface area contributed by atoms with E-state index in [0.717, 1.165) is 0 Å². The average molecular weight is 478 g/mol. The summed E-state index contributed by atoms with van der Waals surface area (Å²) >= 11 is 23.6. The molecule has 156 valence electrons. The summed E-state index contributed by atoms with van der Waals surface area (Å²) in [5.41, 5.74) is -0.510. The van der Waals surface area contributed by atoms with E-state index in [2.05, 4.69) is 0 Å². The number of rotatable bonds is 8. The van der Waals surface area contributed by atoms with Gasteiger partial charge in [0.2, 0.25) is 0 Å². The van der Waals surface area contributed by atoms with Crippen LogP contribution in [0.3, 0.4) is 0 Å². The Kier molecular flexibility index (Phi) is 8.53. The second-order valence-electron chi connectivity index (χ2n) is 7.06. The molecule has 0 bridgehead atoms. The van der Waals surface area contributed by atoms with Gasteiger partial charge in [-0.3, -0.25) is 4.79 Å². The van der Waals surface area contributed by atoms with Crippen LogP contribution in [0.2, 0.25) is 10.0 Å². The fourth-order valence-electron chi connectivity index (χ4n) is 2.03. The fourth-order valence-corrected chi connectivity index (χ4v) is 2.73. The molecule has 0 saturated heterocycles. The van der Waals surface area contributed by atoms with Crippen LogP contribution < -0.4 is 14.2 Å². The number of hydrogen-bond donors (Lipinski definition) is 0. The zero-order valence-electron chi connectivity index (χ0n) is 16.1. The molecule has 0 amide bonds. The molecule has 0 aliphatic carbocycles. The van der Waals surface area contributed by atoms with Gasteiger partial charge in [-0.15, -0.1) is 0 Å². The van der Waals surface area contributed by atoms with E-state index in [1.54, 1.807) is 36.4 Å². The highest BCUT2D eigenvalue weighted by atomic mass is 35.5. The maximum Gasteiger partial charge on any atom is 0.175 e. The van der Waals surface area contributed by atoms with Crippen LogP contribution in [0.15, 0.2) is 47.0 Å². The van der Waals surface area contributed by atoms with Gasteiger partial charge in [-0.25, -0.2) is 0 Å². The average Bonchev–Trinajstić information content (AvgIpc) is 2.61. The predicted octanol–water partition coefficient (Wildman–Crippen LogP) is 7.48. The van der Waals surface area contributed by atoms with Crippen molar-refractivity contribution < 1.29 is 19.0 Å². The molecule has 4 nitrogen and oxygen atoms in total. The van der Waals surface area contributed by atoms with Gasteiger partial charge in [0.05, 0.1) is 10.0 Å². The Morgan fingerprint density at radius 2 is 1.48 bits per heavy atom. The molecule has 2 aromatic carbocycles. The second-order valence-corrected chi connectivity index (χ2v) is 8.88. The number of halogens is 4. The van der Waals surface area contributed by atoms with Crippen LogP contribution in [0.1, 0.15) is 20.8 Å². The number of ether oxygens (including phenoxy) is 3. The van der Waals surface area contributed by atoms with Gasteiger partial charge in [0.1, 0.15) is 35.0 Å². The highest BCUT2D eigenvalue weighted by Crippen LogP contribution is 2.38. The van der Waals surface area contributed by atoms with Crippen molar-refractivity contribution in [2.45, 2.75) is 20.8 Å². The van der Waals surface area contributed by atoms with E-state index in [1.807, 2.05) is 20.8 Å². The Morgan fingerprint density at radius 1 is 0.931 bits per heavy atom. The molecule has 0 heterocycles. The van der Waals surface area contributed by atoms with Gasteiger partial charge in [0, 0.05) is 17.5 Å². The molecule has 0 unspecified atom stereocenters. The SMILES string of the molecule is CC(C)(C)C(=O)COc1c(Cl)cc(Oc2ccc(OCC=C(Cl)Cl)cc2)cc1Cl. The van der Waals surface area contributed by atoms with Crippen molar-refractivity contribution in [3.05, 3.63) is 57.0 Å². The topological polar surface area (TPSA) is 44.8 Å². The lowest BCUT2D eigenvalue weighted by Gasteiger charge is -2.18. The monoisotopic (exact) mass is 476 g/mol. The zero-order chi connectivity index (χ0) is 21.6. The van der Waals surface area contributed by atoms with E-state index in [4.69, 9.17) is 60.6 Å². The minimum Gasteiger partial charge on any atom is -0.489 e. The van der Waals surface area contributed by atoms with Crippen LogP contribution in [0.25, 0.3) is 0 Å². The molecular formula is C21H20Cl4O4. The van der Waals surface area contributed by atoms with E-state index >= 15 is 0 Å². The smallest absolute Gasteiger partial charge is 0.175 e. The first-order valence-corrected chi connectivity index (χ1v) is 10.1. The molecular weight excluding hydrogens is 458 g/mol. The predicted molar refractivity (Wildman–Crippen MR) is 118 cm³/mol. The molecule has 2 rings (SSSR count). The first-order valence-electron chi connectivity index (χ1n) is 8.63. The number of benzene rings is 2. The number of carbonyl (C=O) groups is 1. The minimum atomic E-state index is -0.510. The van der Waals surface area contributed by atoms with Crippen LogP contribution in [-0.2, 0) is 4.79 Å². The van der Waals surface area contributed by atoms with E-state index in [0.29, 0.717) is 17.2 Å². The number of hydrogen-bond acceptors (Lipinski definition) is 4. The van der Waals surface area contributed by atoms with Crippen LogP contribution in [0.5, 0.6) is 23.0 Å². The van der Waals surface area contributed by atoms with Crippen molar-refractivity contribution >= 4 is 52.2 Å². The van der Waals surface area contributed by atoms with Gasteiger partial charge in [-0.1, -0.05) is 67.2 Å². The molecule has 0 spiro atoms. The maximum atomic E-state index is 12.0. The van der Waals surface area contributed by atoms with Crippen LogP contribution in [0, 0.1) is 5.41 Å². The molecule has 0 aliphatic heterocycles. The van der Waals surface area contributed by atoms with E-state index in [-0.39, 0.29) is 39.3 Å². The maximum absolute atomic E-state index is 12.0. The lowest BCUT2D eigenvalue weighted by Crippen LogP contribution is -2.26. The lowest BCUT2D eigenvalue weighted by molar-refractivity contribution is -0.128. The van der Waals surface area contributed by atoms with Crippen molar-refractivity contribution in [1.29, 1.82) is 0 Å². The lowest BCUT2D eigenvalue weighted by atomic mass is 9.91. The highest BCUT2D eigenvalue weighted by molar-refractivity contribution is 6.55. The number of Topliss-reactive ketones (excluding diaryl/α,β-unsaturated/α-hetero) is 1. The third-order valence-corrected chi connectivity index (χ3v) is 4.57. The molecule has 29 heavy (non-hydrogen) atoms. The Balaban J connectivity index is 2.03. The van der Waals surface area contributed by atoms with Crippen LogP contribution in [-0.4, -0.2) is 19.0 Å². The summed E-state index contributed by atoms with van der Waals surface area (Å²) in [6, 6.07) is 10.1. The second kappa shape index (κ2) is 10.4. The van der Waals surface area contributed by atoms with Crippen LogP contribution in [0.4, 0.5) is 0 Å². The summed E-state index contributed by atoms with van der Waals surface area (Å²) in [6.45, 7) is 5.60. The summed E-state index contributed by atoms with van der Waals surface area (Å²) in [7, 11) is 0. The summed E-state index contributed by atoms with van der Waals surface area (Å²) in [5.74, 6) is 1.81. The Hall–Kier alpha value is -1.59. The van der Waals surface area contributed by atoms with Crippen molar-refractivity contribution in [1.82, 2.24) is 0 Å². The molecule has 0 saturated carbocycles. The summed E-state index contributed by atoms with van der Waals surface area (Å²) in [4.78, 5) is 12.0. The molecule has 0 fully saturated rings. The zero-order valence-corrected chi connectivity index (χ0v) is 19.1. The van der Waals surface area contributed by atoms with Crippen molar-refractivity contribution in [2.75, 3.05) is 13.2 Å². The minimum absolute atomic E-state index is 0.0592. The number of ketones is 1. The first kappa shape index (κ1) is 23.7. The van der Waals surface area contributed by atoms with E-state index in [9.17, 15) is 4.79 Å². The molecule has 0 radical (unpaired) electrons. The van der Waals surface area contributed by atoms with Gasteiger partial charge in [-0.05, 0) is 30.3 Å². The standard InChI is InChI=1S/C21H20Cl4O4/c1-21(2,3)18(26)12-28-20-16(22)10-15(11-17(20)23)29-14-6-4-13(5-7-14)27-9-8-19(24)25/h4-8,10-11H,9,12H2,1-3H3. The van der Waals surface area contributed by atoms with Gasteiger partial charge < -0.3 is 14.2 Å². The van der Waals surface area contributed by atoms with E-state index in [1.165, 1.54) is 6.08 Å². The largest absolute Gasteiger partial charge is 0.489 e. The van der Waals surface area contributed by atoms with Crippen molar-refractivity contribution in [3.8, 4) is 23.0 Å². The fraction of sp³-hybridized carbons (Fsp3) is 0.286. The third kappa shape index (κ3) is 7.63. The third-order valence-electron chi connectivity index (χ3n) is 3.70. The van der Waals surface area contributed by atoms with Gasteiger partial charge in [0.25, 0.3) is 0 Å².